The zero-order valence-corrected chi connectivity index (χ0v) is 17.7. The first-order valence-corrected chi connectivity index (χ1v) is 11.5. The van der Waals surface area contributed by atoms with Gasteiger partial charge in [-0.1, -0.05) is 124 Å². The summed E-state index contributed by atoms with van der Waals surface area (Å²) in [7, 11) is 0. The fourth-order valence-corrected chi connectivity index (χ4v) is 3.77. The first-order chi connectivity index (χ1) is 12.3. The molecule has 0 amide bonds. The molecule has 0 rings (SSSR count). The number of unbranched alkanes of at least 4 members (excludes halogenated alkanes) is 13. The SMILES string of the molecule is CCCCCCCCCCCC(C=C=O)C(C)CCCCCCCC. The molecule has 0 saturated carbocycles. The molecule has 2 atom stereocenters. The van der Waals surface area contributed by atoms with Crippen LogP contribution in [0.5, 0.6) is 0 Å². The van der Waals surface area contributed by atoms with Gasteiger partial charge in [0.2, 0.25) is 0 Å². The Morgan fingerprint density at radius 1 is 0.640 bits per heavy atom. The van der Waals surface area contributed by atoms with E-state index in [2.05, 4.69) is 26.7 Å². The van der Waals surface area contributed by atoms with E-state index in [4.69, 9.17) is 0 Å². The van der Waals surface area contributed by atoms with E-state index in [1.54, 1.807) is 0 Å². The van der Waals surface area contributed by atoms with Gasteiger partial charge in [-0.3, -0.25) is 0 Å². The highest BCUT2D eigenvalue weighted by molar-refractivity contribution is 5.45. The fraction of sp³-hybridized carbons (Fsp3) is 0.917. The van der Waals surface area contributed by atoms with Crippen LogP contribution in [0.2, 0.25) is 0 Å². The van der Waals surface area contributed by atoms with E-state index in [0.717, 1.165) is 0 Å². The van der Waals surface area contributed by atoms with Crippen molar-refractivity contribution < 1.29 is 4.79 Å². The molecule has 0 saturated heterocycles. The minimum Gasteiger partial charge on any atom is -0.234 e. The lowest BCUT2D eigenvalue weighted by atomic mass is 9.85. The van der Waals surface area contributed by atoms with Crippen LogP contribution in [0.15, 0.2) is 6.08 Å². The fourth-order valence-electron chi connectivity index (χ4n) is 3.77. The highest BCUT2D eigenvalue weighted by atomic mass is 16.1. The normalized spacial score (nSPS) is 13.4. The van der Waals surface area contributed by atoms with Crippen molar-refractivity contribution in [3.63, 3.8) is 0 Å². The predicted octanol–water partition coefficient (Wildman–Crippen LogP) is 8.30. The van der Waals surface area contributed by atoms with Gasteiger partial charge in [0.15, 0.2) is 0 Å². The van der Waals surface area contributed by atoms with E-state index in [9.17, 15) is 4.79 Å². The quantitative estimate of drug-likeness (QED) is 0.169. The van der Waals surface area contributed by atoms with Crippen molar-refractivity contribution >= 4 is 5.94 Å². The van der Waals surface area contributed by atoms with Gasteiger partial charge in [-0.2, -0.15) is 0 Å². The van der Waals surface area contributed by atoms with E-state index in [1.165, 1.54) is 109 Å². The standard InChI is InChI=1S/C24H46O/c1-4-6-8-10-12-13-14-16-18-20-24(21-22-25)23(3)19-17-15-11-9-7-5-2/h21,23-24H,4-20H2,1-3H3. The Morgan fingerprint density at radius 3 is 1.48 bits per heavy atom. The summed E-state index contributed by atoms with van der Waals surface area (Å²) in [5.41, 5.74) is 0. The van der Waals surface area contributed by atoms with Crippen LogP contribution in [0, 0.1) is 11.8 Å². The van der Waals surface area contributed by atoms with Gasteiger partial charge in [-0.15, -0.1) is 0 Å². The van der Waals surface area contributed by atoms with Gasteiger partial charge in [-0.25, -0.2) is 4.79 Å². The molecule has 2 unspecified atom stereocenters. The van der Waals surface area contributed by atoms with Gasteiger partial charge in [0, 0.05) is 6.08 Å². The highest BCUT2D eigenvalue weighted by Crippen LogP contribution is 2.25. The van der Waals surface area contributed by atoms with Gasteiger partial charge < -0.3 is 0 Å². The molecule has 0 aliphatic heterocycles. The third-order valence-electron chi connectivity index (χ3n) is 5.67. The van der Waals surface area contributed by atoms with Crippen molar-refractivity contribution in [2.75, 3.05) is 0 Å². The Labute approximate surface area is 159 Å². The van der Waals surface area contributed by atoms with Gasteiger partial charge >= 0.3 is 0 Å². The van der Waals surface area contributed by atoms with Crippen LogP contribution in [-0.4, -0.2) is 5.94 Å². The molecule has 0 aliphatic rings. The van der Waals surface area contributed by atoms with E-state index in [0.29, 0.717) is 11.8 Å². The average molecular weight is 351 g/mol. The lowest BCUT2D eigenvalue weighted by Crippen LogP contribution is -2.10. The van der Waals surface area contributed by atoms with E-state index >= 15 is 0 Å². The molecule has 1 heteroatoms. The van der Waals surface area contributed by atoms with Crippen LogP contribution in [0.25, 0.3) is 0 Å². The highest BCUT2D eigenvalue weighted by Gasteiger charge is 2.14. The number of carbonyl (C=O) groups excluding carboxylic acids is 1. The second-order valence-corrected chi connectivity index (χ2v) is 8.10. The van der Waals surface area contributed by atoms with E-state index in [-0.39, 0.29) is 0 Å². The molecule has 25 heavy (non-hydrogen) atoms. The van der Waals surface area contributed by atoms with Crippen LogP contribution in [-0.2, 0) is 4.79 Å². The molecule has 0 aromatic carbocycles. The summed E-state index contributed by atoms with van der Waals surface area (Å²) in [6.45, 7) is 6.88. The Kier molecular flexibility index (Phi) is 19.3. The van der Waals surface area contributed by atoms with Crippen molar-refractivity contribution in [1.82, 2.24) is 0 Å². The van der Waals surface area contributed by atoms with Gasteiger partial charge in [0.05, 0.1) is 0 Å². The lowest BCUT2D eigenvalue weighted by Gasteiger charge is -2.20. The number of rotatable bonds is 19. The molecule has 0 radical (unpaired) electrons. The van der Waals surface area contributed by atoms with Crippen LogP contribution in [0.4, 0.5) is 0 Å². The summed E-state index contributed by atoms with van der Waals surface area (Å²) in [6.07, 6.45) is 24.8. The van der Waals surface area contributed by atoms with E-state index < -0.39 is 0 Å². The summed E-state index contributed by atoms with van der Waals surface area (Å²) in [4.78, 5) is 10.8. The zero-order valence-electron chi connectivity index (χ0n) is 17.7. The molecule has 0 aliphatic carbocycles. The van der Waals surface area contributed by atoms with Crippen molar-refractivity contribution in [2.24, 2.45) is 11.8 Å². The molecule has 0 spiro atoms. The maximum atomic E-state index is 10.8. The molecular formula is C24H46O. The Bertz CT molecular complexity index is 303. The minimum atomic E-state index is 0.456. The van der Waals surface area contributed by atoms with Crippen LogP contribution >= 0.6 is 0 Å². The Morgan fingerprint density at radius 2 is 1.04 bits per heavy atom. The predicted molar refractivity (Wildman–Crippen MR) is 113 cm³/mol. The summed E-state index contributed by atoms with van der Waals surface area (Å²) < 4.78 is 0. The van der Waals surface area contributed by atoms with Crippen LogP contribution in [0.1, 0.15) is 130 Å². The molecule has 1 nitrogen and oxygen atoms in total. The smallest absolute Gasteiger partial charge is 0.120 e. The summed E-state index contributed by atoms with van der Waals surface area (Å²) >= 11 is 0. The van der Waals surface area contributed by atoms with E-state index in [1.807, 2.05) is 6.08 Å². The Hall–Kier alpha value is -0.550. The lowest BCUT2D eigenvalue weighted by molar-refractivity contribution is 0.353. The molecule has 0 N–H and O–H groups in total. The van der Waals surface area contributed by atoms with Crippen molar-refractivity contribution in [1.29, 1.82) is 0 Å². The topological polar surface area (TPSA) is 17.1 Å². The van der Waals surface area contributed by atoms with Crippen LogP contribution in [0.3, 0.4) is 0 Å². The number of hydrogen-bond acceptors (Lipinski definition) is 1. The largest absolute Gasteiger partial charge is 0.234 e. The second-order valence-electron chi connectivity index (χ2n) is 8.10. The third kappa shape index (κ3) is 16.7. The molecule has 0 aromatic heterocycles. The zero-order chi connectivity index (χ0) is 18.6. The molecule has 0 heterocycles. The van der Waals surface area contributed by atoms with Crippen LogP contribution < -0.4 is 0 Å². The second kappa shape index (κ2) is 19.8. The summed E-state index contributed by atoms with van der Waals surface area (Å²) in [6, 6.07) is 0. The number of hydrogen-bond donors (Lipinski definition) is 0. The molecule has 0 fully saturated rings. The summed E-state index contributed by atoms with van der Waals surface area (Å²) in [5.74, 6) is 3.17. The molecule has 148 valence electrons. The molecule has 0 bridgehead atoms. The van der Waals surface area contributed by atoms with Gasteiger partial charge in [0.1, 0.15) is 5.94 Å². The molecule has 0 aromatic rings. The van der Waals surface area contributed by atoms with Gasteiger partial charge in [-0.05, 0) is 18.3 Å². The van der Waals surface area contributed by atoms with Crippen molar-refractivity contribution in [3.05, 3.63) is 6.08 Å². The minimum absolute atomic E-state index is 0.456. The van der Waals surface area contributed by atoms with Crippen molar-refractivity contribution in [3.8, 4) is 0 Å². The van der Waals surface area contributed by atoms with Crippen molar-refractivity contribution in [2.45, 2.75) is 130 Å². The molecular weight excluding hydrogens is 304 g/mol. The first-order valence-electron chi connectivity index (χ1n) is 11.5. The van der Waals surface area contributed by atoms with Gasteiger partial charge in [0.25, 0.3) is 0 Å². The number of allylic oxidation sites excluding steroid dienone is 1. The third-order valence-corrected chi connectivity index (χ3v) is 5.67. The first kappa shape index (κ1) is 24.5. The maximum absolute atomic E-state index is 10.8. The average Bonchev–Trinajstić information content (AvgIpc) is 2.62. The maximum Gasteiger partial charge on any atom is 0.120 e. The Balaban J connectivity index is 3.69. The monoisotopic (exact) mass is 350 g/mol. The summed E-state index contributed by atoms with van der Waals surface area (Å²) in [5, 5.41) is 0.